The lowest BCUT2D eigenvalue weighted by Crippen LogP contribution is -2.70. The lowest BCUT2D eigenvalue weighted by Gasteiger charge is -2.44. The molecule has 2 fully saturated rings. The molecule has 4 heteroatoms. The third kappa shape index (κ3) is 2.49. The molecule has 0 aromatic carbocycles. The molecule has 3 unspecified atom stereocenters. The molecular formula is C15H26N2O2. The number of carbonyl (C=O) groups excluding carboxylic acids is 2. The van der Waals surface area contributed by atoms with Crippen molar-refractivity contribution >= 4 is 11.8 Å². The van der Waals surface area contributed by atoms with Gasteiger partial charge in [-0.2, -0.15) is 0 Å². The van der Waals surface area contributed by atoms with E-state index < -0.39 is 5.54 Å². The summed E-state index contributed by atoms with van der Waals surface area (Å²) in [5.41, 5.74) is -0.666. The van der Waals surface area contributed by atoms with Gasteiger partial charge in [0.1, 0.15) is 11.6 Å². The maximum Gasteiger partial charge on any atom is 0.249 e. The molecule has 2 rings (SSSR count). The fourth-order valence-electron chi connectivity index (χ4n) is 2.73. The van der Waals surface area contributed by atoms with Crippen molar-refractivity contribution < 1.29 is 9.59 Å². The van der Waals surface area contributed by atoms with Gasteiger partial charge >= 0.3 is 0 Å². The Kier molecular flexibility index (Phi) is 3.63. The molecule has 2 aliphatic rings. The van der Waals surface area contributed by atoms with Crippen molar-refractivity contribution in [2.75, 3.05) is 6.54 Å². The lowest BCUT2D eigenvalue weighted by molar-refractivity contribution is -0.155. The van der Waals surface area contributed by atoms with Crippen LogP contribution >= 0.6 is 0 Å². The highest BCUT2D eigenvalue weighted by molar-refractivity contribution is 5.99. The summed E-state index contributed by atoms with van der Waals surface area (Å²) in [5.74, 6) is 1.34. The van der Waals surface area contributed by atoms with Crippen LogP contribution in [0.4, 0.5) is 0 Å². The van der Waals surface area contributed by atoms with Gasteiger partial charge in [0.25, 0.3) is 0 Å². The van der Waals surface area contributed by atoms with E-state index in [2.05, 4.69) is 26.1 Å². The highest BCUT2D eigenvalue weighted by atomic mass is 16.2. The molecule has 0 bridgehead atoms. The first-order valence-corrected chi connectivity index (χ1v) is 7.40. The van der Waals surface area contributed by atoms with Gasteiger partial charge in [0.05, 0.1) is 0 Å². The molecule has 108 valence electrons. The van der Waals surface area contributed by atoms with Crippen LogP contribution in [0.2, 0.25) is 0 Å². The summed E-state index contributed by atoms with van der Waals surface area (Å²) in [6.07, 6.45) is 2.09. The molecule has 3 atom stereocenters. The van der Waals surface area contributed by atoms with Crippen molar-refractivity contribution in [3.05, 3.63) is 0 Å². The quantitative estimate of drug-likeness (QED) is 0.843. The van der Waals surface area contributed by atoms with Gasteiger partial charge in [0, 0.05) is 6.54 Å². The molecule has 1 saturated carbocycles. The molecular weight excluding hydrogens is 240 g/mol. The zero-order valence-corrected chi connectivity index (χ0v) is 12.7. The number of carbonyl (C=O) groups is 2. The van der Waals surface area contributed by atoms with E-state index in [4.69, 9.17) is 0 Å². The van der Waals surface area contributed by atoms with Crippen LogP contribution in [0.3, 0.4) is 0 Å². The second-order valence-corrected chi connectivity index (χ2v) is 6.82. The van der Waals surface area contributed by atoms with Crippen molar-refractivity contribution in [3.63, 3.8) is 0 Å². The molecule has 1 aliphatic heterocycles. The van der Waals surface area contributed by atoms with Crippen LogP contribution in [0, 0.1) is 17.8 Å². The number of rotatable bonds is 4. The number of amides is 2. The van der Waals surface area contributed by atoms with Crippen LogP contribution in [0.1, 0.15) is 47.5 Å². The topological polar surface area (TPSA) is 49.4 Å². The summed E-state index contributed by atoms with van der Waals surface area (Å²) >= 11 is 0. The summed E-state index contributed by atoms with van der Waals surface area (Å²) < 4.78 is 0. The molecule has 0 aromatic heterocycles. The van der Waals surface area contributed by atoms with Crippen molar-refractivity contribution in [2.45, 2.75) is 59.0 Å². The molecule has 4 nitrogen and oxygen atoms in total. The maximum absolute atomic E-state index is 12.8. The van der Waals surface area contributed by atoms with Crippen LogP contribution in [0.5, 0.6) is 0 Å². The Morgan fingerprint density at radius 1 is 1.32 bits per heavy atom. The van der Waals surface area contributed by atoms with Gasteiger partial charge in [-0.3, -0.25) is 9.59 Å². The van der Waals surface area contributed by atoms with Gasteiger partial charge in [-0.25, -0.2) is 0 Å². The number of piperazine rings is 1. The Bertz CT molecular complexity index is 390. The molecule has 2 amide bonds. The van der Waals surface area contributed by atoms with Crippen LogP contribution in [0.25, 0.3) is 0 Å². The number of nitrogens with one attached hydrogen (secondary N) is 1. The largest absolute Gasteiger partial charge is 0.340 e. The Hall–Kier alpha value is -1.06. The predicted molar refractivity (Wildman–Crippen MR) is 74.4 cm³/mol. The lowest BCUT2D eigenvalue weighted by atomic mass is 9.88. The second kappa shape index (κ2) is 4.80. The van der Waals surface area contributed by atoms with Crippen molar-refractivity contribution in [1.82, 2.24) is 10.2 Å². The first-order chi connectivity index (χ1) is 8.77. The van der Waals surface area contributed by atoms with E-state index in [1.165, 1.54) is 0 Å². The molecule has 0 aromatic rings. The number of hydrogen-bond acceptors (Lipinski definition) is 2. The Morgan fingerprint density at radius 2 is 1.89 bits per heavy atom. The first-order valence-electron chi connectivity index (χ1n) is 7.40. The van der Waals surface area contributed by atoms with E-state index in [9.17, 15) is 9.59 Å². The van der Waals surface area contributed by atoms with Gasteiger partial charge in [-0.15, -0.1) is 0 Å². The monoisotopic (exact) mass is 266 g/mol. The van der Waals surface area contributed by atoms with Crippen LogP contribution < -0.4 is 5.32 Å². The van der Waals surface area contributed by atoms with Crippen LogP contribution in [-0.2, 0) is 9.59 Å². The van der Waals surface area contributed by atoms with E-state index in [0.29, 0.717) is 24.3 Å². The summed E-state index contributed by atoms with van der Waals surface area (Å²) in [5, 5.41) is 2.96. The van der Waals surface area contributed by atoms with E-state index in [1.807, 2.05) is 13.8 Å². The van der Waals surface area contributed by atoms with Gasteiger partial charge < -0.3 is 10.2 Å². The fraction of sp³-hybridized carbons (Fsp3) is 0.867. The Morgan fingerprint density at radius 3 is 2.37 bits per heavy atom. The minimum Gasteiger partial charge on any atom is -0.340 e. The minimum atomic E-state index is -0.666. The number of hydrogen-bond donors (Lipinski definition) is 1. The molecule has 1 saturated heterocycles. The van der Waals surface area contributed by atoms with Gasteiger partial charge in [-0.05, 0) is 44.4 Å². The maximum atomic E-state index is 12.8. The van der Waals surface area contributed by atoms with E-state index >= 15 is 0 Å². The highest BCUT2D eigenvalue weighted by Gasteiger charge is 2.54. The van der Waals surface area contributed by atoms with E-state index in [1.54, 1.807) is 4.90 Å². The Labute approximate surface area is 115 Å². The normalized spacial score (nSPS) is 33.6. The van der Waals surface area contributed by atoms with Crippen molar-refractivity contribution in [3.8, 4) is 0 Å². The number of nitrogens with zero attached hydrogens (tertiary/aromatic N) is 1. The molecule has 1 heterocycles. The van der Waals surface area contributed by atoms with Gasteiger partial charge in [0.2, 0.25) is 11.8 Å². The molecule has 0 spiro atoms. The molecule has 19 heavy (non-hydrogen) atoms. The molecule has 1 N–H and O–H groups in total. The summed E-state index contributed by atoms with van der Waals surface area (Å²) in [7, 11) is 0. The average Bonchev–Trinajstić information content (AvgIpc) is 3.16. The summed E-state index contributed by atoms with van der Waals surface area (Å²) in [4.78, 5) is 26.7. The third-order valence-corrected chi connectivity index (χ3v) is 4.95. The van der Waals surface area contributed by atoms with Crippen LogP contribution in [-0.4, -0.2) is 34.8 Å². The molecule has 1 aliphatic carbocycles. The minimum absolute atomic E-state index is 0.00930. The van der Waals surface area contributed by atoms with Crippen molar-refractivity contribution in [2.24, 2.45) is 17.8 Å². The van der Waals surface area contributed by atoms with E-state index in [0.717, 1.165) is 12.8 Å². The summed E-state index contributed by atoms with van der Waals surface area (Å²) in [6.45, 7) is 10.9. The smallest absolute Gasteiger partial charge is 0.249 e. The molecule has 0 radical (unpaired) electrons. The van der Waals surface area contributed by atoms with Gasteiger partial charge in [-0.1, -0.05) is 20.8 Å². The van der Waals surface area contributed by atoms with Crippen molar-refractivity contribution in [1.29, 1.82) is 0 Å². The predicted octanol–water partition coefficient (Wildman–Crippen LogP) is 1.79. The second-order valence-electron chi connectivity index (χ2n) is 6.82. The fourth-order valence-corrected chi connectivity index (χ4v) is 2.73. The standard InChI is InChI=1S/C15H26N2O2/c1-9(2)10(3)8-17-11(4)13(18)16-15(5,14(17)19)12-6-7-12/h9-12H,6-8H2,1-5H3,(H,16,18). The SMILES string of the molecule is CC(C)C(C)CN1C(=O)C(C)(C2CC2)NC(=O)C1C. The summed E-state index contributed by atoms with van der Waals surface area (Å²) in [6, 6.07) is -0.347. The zero-order valence-electron chi connectivity index (χ0n) is 12.7. The first kappa shape index (κ1) is 14.4. The van der Waals surface area contributed by atoms with Gasteiger partial charge in [0.15, 0.2) is 0 Å². The van der Waals surface area contributed by atoms with Crippen LogP contribution in [0.15, 0.2) is 0 Å². The Balaban J connectivity index is 2.19. The highest BCUT2D eigenvalue weighted by Crippen LogP contribution is 2.42. The third-order valence-electron chi connectivity index (χ3n) is 4.95. The zero-order chi connectivity index (χ0) is 14.4. The average molecular weight is 266 g/mol. The van der Waals surface area contributed by atoms with E-state index in [-0.39, 0.29) is 17.9 Å².